The number of rotatable bonds is 3. The topological polar surface area (TPSA) is 20.3 Å². The van der Waals surface area contributed by atoms with Gasteiger partial charge in [0.2, 0.25) is 0 Å². The SMILES string of the molecule is CC(=O)/C=C/CN(C)C(C)(C)C. The fraction of sp³-hybridized carbons (Fsp3) is 0.700. The maximum atomic E-state index is 10.6. The highest BCUT2D eigenvalue weighted by Crippen LogP contribution is 2.09. The van der Waals surface area contributed by atoms with E-state index in [1.165, 1.54) is 0 Å². The summed E-state index contributed by atoms with van der Waals surface area (Å²) < 4.78 is 0. The number of carbonyl (C=O) groups is 1. The van der Waals surface area contributed by atoms with Gasteiger partial charge in [0, 0.05) is 12.1 Å². The summed E-state index contributed by atoms with van der Waals surface area (Å²) in [4.78, 5) is 12.8. The smallest absolute Gasteiger partial charge is 0.152 e. The van der Waals surface area contributed by atoms with Crippen LogP contribution in [-0.2, 0) is 4.79 Å². The second-order valence-electron chi connectivity index (χ2n) is 4.06. The third-order valence-electron chi connectivity index (χ3n) is 1.88. The molecule has 0 unspecified atom stereocenters. The first kappa shape index (κ1) is 11.4. The monoisotopic (exact) mass is 169 g/mol. The van der Waals surface area contributed by atoms with Crippen molar-refractivity contribution in [3.63, 3.8) is 0 Å². The van der Waals surface area contributed by atoms with Gasteiger partial charge in [-0.1, -0.05) is 6.08 Å². The molecule has 0 fully saturated rings. The van der Waals surface area contributed by atoms with Crippen LogP contribution in [0.4, 0.5) is 0 Å². The molecule has 0 aromatic rings. The molecule has 0 rings (SSSR count). The molecule has 0 radical (unpaired) electrons. The van der Waals surface area contributed by atoms with Crippen LogP contribution in [0.25, 0.3) is 0 Å². The van der Waals surface area contributed by atoms with Crippen molar-refractivity contribution >= 4 is 5.78 Å². The van der Waals surface area contributed by atoms with E-state index in [4.69, 9.17) is 0 Å². The Bertz CT molecular complexity index is 177. The molecule has 0 aliphatic heterocycles. The van der Waals surface area contributed by atoms with Crippen molar-refractivity contribution in [3.8, 4) is 0 Å². The van der Waals surface area contributed by atoms with Gasteiger partial charge in [-0.15, -0.1) is 0 Å². The number of allylic oxidation sites excluding steroid dienone is 1. The van der Waals surface area contributed by atoms with E-state index in [9.17, 15) is 4.79 Å². The molecular formula is C10H19NO. The lowest BCUT2D eigenvalue weighted by molar-refractivity contribution is -0.112. The van der Waals surface area contributed by atoms with Crippen molar-refractivity contribution in [2.75, 3.05) is 13.6 Å². The highest BCUT2D eigenvalue weighted by molar-refractivity contribution is 5.87. The Morgan fingerprint density at radius 2 is 1.92 bits per heavy atom. The highest BCUT2D eigenvalue weighted by Gasteiger charge is 2.14. The first-order valence-electron chi connectivity index (χ1n) is 4.22. The second kappa shape index (κ2) is 4.41. The van der Waals surface area contributed by atoms with Gasteiger partial charge in [-0.25, -0.2) is 0 Å². The molecule has 0 atom stereocenters. The minimum absolute atomic E-state index is 0.109. The molecule has 0 heterocycles. The Labute approximate surface area is 75.3 Å². The molecule has 0 saturated carbocycles. The van der Waals surface area contributed by atoms with Gasteiger partial charge in [0.1, 0.15) is 0 Å². The van der Waals surface area contributed by atoms with Gasteiger partial charge in [0.05, 0.1) is 0 Å². The third-order valence-corrected chi connectivity index (χ3v) is 1.88. The van der Waals surface area contributed by atoms with E-state index in [0.29, 0.717) is 0 Å². The van der Waals surface area contributed by atoms with Crippen LogP contribution in [0.5, 0.6) is 0 Å². The van der Waals surface area contributed by atoms with Crippen LogP contribution in [0.15, 0.2) is 12.2 Å². The van der Waals surface area contributed by atoms with Crippen LogP contribution in [0, 0.1) is 0 Å². The van der Waals surface area contributed by atoms with Crippen molar-refractivity contribution < 1.29 is 4.79 Å². The summed E-state index contributed by atoms with van der Waals surface area (Å²) in [5.74, 6) is 0.109. The molecule has 0 amide bonds. The average Bonchev–Trinajstić information content (AvgIpc) is 1.84. The largest absolute Gasteiger partial charge is 0.298 e. The predicted octanol–water partition coefficient (Wildman–Crippen LogP) is 1.86. The summed E-state index contributed by atoms with van der Waals surface area (Å²) in [5.41, 5.74) is 0.168. The van der Waals surface area contributed by atoms with Crippen LogP contribution < -0.4 is 0 Å². The Morgan fingerprint density at radius 1 is 1.42 bits per heavy atom. The third kappa shape index (κ3) is 5.08. The van der Waals surface area contributed by atoms with Gasteiger partial charge >= 0.3 is 0 Å². The van der Waals surface area contributed by atoms with E-state index in [-0.39, 0.29) is 11.3 Å². The fourth-order valence-corrected chi connectivity index (χ4v) is 0.651. The van der Waals surface area contributed by atoms with Crippen LogP contribution >= 0.6 is 0 Å². The number of hydrogen-bond acceptors (Lipinski definition) is 2. The Hall–Kier alpha value is -0.630. The molecule has 0 saturated heterocycles. The quantitative estimate of drug-likeness (QED) is 0.601. The van der Waals surface area contributed by atoms with E-state index in [2.05, 4.69) is 25.7 Å². The molecule has 0 bridgehead atoms. The van der Waals surface area contributed by atoms with E-state index in [1.54, 1.807) is 13.0 Å². The summed E-state index contributed by atoms with van der Waals surface area (Å²) in [6.07, 6.45) is 3.51. The summed E-state index contributed by atoms with van der Waals surface area (Å²) >= 11 is 0. The summed E-state index contributed by atoms with van der Waals surface area (Å²) in [6.45, 7) is 8.83. The summed E-state index contributed by atoms with van der Waals surface area (Å²) in [7, 11) is 2.05. The molecule has 0 spiro atoms. The van der Waals surface area contributed by atoms with Crippen molar-refractivity contribution in [3.05, 3.63) is 12.2 Å². The van der Waals surface area contributed by atoms with E-state index in [0.717, 1.165) is 6.54 Å². The highest BCUT2D eigenvalue weighted by atomic mass is 16.1. The van der Waals surface area contributed by atoms with Crippen LogP contribution in [0.2, 0.25) is 0 Å². The fourth-order valence-electron chi connectivity index (χ4n) is 0.651. The van der Waals surface area contributed by atoms with Gasteiger partial charge in [0.15, 0.2) is 5.78 Å². The minimum Gasteiger partial charge on any atom is -0.298 e. The number of hydrogen-bond donors (Lipinski definition) is 0. The zero-order chi connectivity index (χ0) is 9.78. The normalized spacial score (nSPS) is 12.8. The van der Waals surface area contributed by atoms with Crippen LogP contribution in [-0.4, -0.2) is 29.8 Å². The molecule has 0 aliphatic carbocycles. The molecule has 0 aromatic heterocycles. The Balaban J connectivity index is 3.87. The van der Waals surface area contributed by atoms with Gasteiger partial charge in [-0.05, 0) is 40.8 Å². The Morgan fingerprint density at radius 3 is 2.25 bits per heavy atom. The summed E-state index contributed by atoms with van der Waals surface area (Å²) in [6, 6.07) is 0. The van der Waals surface area contributed by atoms with E-state index >= 15 is 0 Å². The van der Waals surface area contributed by atoms with Crippen molar-refractivity contribution in [1.29, 1.82) is 0 Å². The number of ketones is 1. The van der Waals surface area contributed by atoms with Gasteiger partial charge in [-0.2, -0.15) is 0 Å². The lowest BCUT2D eigenvalue weighted by atomic mass is 10.1. The zero-order valence-corrected chi connectivity index (χ0v) is 8.72. The molecule has 12 heavy (non-hydrogen) atoms. The second-order valence-corrected chi connectivity index (χ2v) is 4.06. The lowest BCUT2D eigenvalue weighted by Crippen LogP contribution is -2.38. The van der Waals surface area contributed by atoms with E-state index in [1.807, 2.05) is 13.1 Å². The maximum absolute atomic E-state index is 10.6. The van der Waals surface area contributed by atoms with Crippen molar-refractivity contribution in [1.82, 2.24) is 4.90 Å². The molecular weight excluding hydrogens is 150 g/mol. The van der Waals surface area contributed by atoms with E-state index < -0.39 is 0 Å². The number of nitrogens with zero attached hydrogens (tertiary/aromatic N) is 1. The summed E-state index contributed by atoms with van der Waals surface area (Å²) in [5, 5.41) is 0. The van der Waals surface area contributed by atoms with Gasteiger partial charge < -0.3 is 0 Å². The van der Waals surface area contributed by atoms with Crippen LogP contribution in [0.3, 0.4) is 0 Å². The standard InChI is InChI=1S/C10H19NO/c1-9(12)7-6-8-11(5)10(2,3)4/h6-7H,8H2,1-5H3/b7-6+. The average molecular weight is 169 g/mol. The molecule has 0 aliphatic rings. The molecule has 70 valence electrons. The van der Waals surface area contributed by atoms with Crippen molar-refractivity contribution in [2.24, 2.45) is 0 Å². The molecule has 0 N–H and O–H groups in total. The minimum atomic E-state index is 0.109. The first-order chi connectivity index (χ1) is 5.34. The molecule has 2 nitrogen and oxygen atoms in total. The molecule has 2 heteroatoms. The van der Waals surface area contributed by atoms with Gasteiger partial charge in [-0.3, -0.25) is 9.69 Å². The number of carbonyl (C=O) groups excluding carboxylic acids is 1. The Kier molecular flexibility index (Phi) is 4.18. The molecule has 0 aromatic carbocycles. The predicted molar refractivity (Wildman–Crippen MR) is 52.2 cm³/mol. The van der Waals surface area contributed by atoms with Crippen LogP contribution in [0.1, 0.15) is 27.7 Å². The van der Waals surface area contributed by atoms with Crippen molar-refractivity contribution in [2.45, 2.75) is 33.2 Å². The lowest BCUT2D eigenvalue weighted by Gasteiger charge is -2.30. The number of likely N-dealkylation sites (N-methyl/N-ethyl adjacent to an activating group) is 1. The zero-order valence-electron chi connectivity index (χ0n) is 8.72. The first-order valence-corrected chi connectivity index (χ1v) is 4.22. The van der Waals surface area contributed by atoms with Gasteiger partial charge in [0.25, 0.3) is 0 Å². The maximum Gasteiger partial charge on any atom is 0.152 e.